The zero-order valence-electron chi connectivity index (χ0n) is 18.1. The van der Waals surface area contributed by atoms with Crippen LogP contribution in [0.15, 0.2) is 47.4 Å². The Morgan fingerprint density at radius 1 is 1.15 bits per heavy atom. The summed E-state index contributed by atoms with van der Waals surface area (Å²) in [4.78, 5) is 12.9. The molecule has 0 unspecified atom stereocenters. The topological polar surface area (TPSA) is 101 Å². The molecule has 1 N–H and O–H groups in total. The highest BCUT2D eigenvalue weighted by atomic mass is 35.5. The van der Waals surface area contributed by atoms with E-state index in [0.717, 1.165) is 24.2 Å². The molecule has 0 bridgehead atoms. The van der Waals surface area contributed by atoms with E-state index in [1.165, 1.54) is 33.8 Å². The summed E-state index contributed by atoms with van der Waals surface area (Å²) >= 11 is 7.42. The quantitative estimate of drug-likeness (QED) is 0.526. The summed E-state index contributed by atoms with van der Waals surface area (Å²) < 4.78 is 32.7. The Morgan fingerprint density at radius 3 is 2.52 bits per heavy atom. The van der Waals surface area contributed by atoms with Gasteiger partial charge in [0.2, 0.25) is 15.2 Å². The summed E-state index contributed by atoms with van der Waals surface area (Å²) in [5.74, 6) is 0.666. The second-order valence-corrected chi connectivity index (χ2v) is 11.1. The van der Waals surface area contributed by atoms with E-state index in [0.29, 0.717) is 24.0 Å². The van der Waals surface area contributed by atoms with Crippen LogP contribution < -0.4 is 10.1 Å². The van der Waals surface area contributed by atoms with Crippen LogP contribution in [0.5, 0.6) is 5.75 Å². The minimum absolute atomic E-state index is 0.0442. The van der Waals surface area contributed by atoms with Crippen molar-refractivity contribution in [3.63, 3.8) is 0 Å². The van der Waals surface area contributed by atoms with Gasteiger partial charge in [0.05, 0.1) is 22.6 Å². The molecule has 1 fully saturated rings. The van der Waals surface area contributed by atoms with Gasteiger partial charge in [-0.15, -0.1) is 10.2 Å². The van der Waals surface area contributed by atoms with Crippen molar-refractivity contribution in [2.75, 3.05) is 25.5 Å². The highest BCUT2D eigenvalue weighted by Crippen LogP contribution is 2.30. The number of halogens is 1. The molecular formula is C22H23ClN4O4S2. The maximum atomic E-state index is 13.1. The van der Waals surface area contributed by atoms with Crippen molar-refractivity contribution >= 4 is 44.0 Å². The van der Waals surface area contributed by atoms with Crippen molar-refractivity contribution in [1.29, 1.82) is 0 Å². The molecule has 2 aromatic carbocycles. The van der Waals surface area contributed by atoms with Crippen LogP contribution in [0.1, 0.15) is 30.1 Å². The lowest BCUT2D eigenvalue weighted by Gasteiger charge is -2.29. The van der Waals surface area contributed by atoms with Crippen LogP contribution in [-0.4, -0.2) is 49.0 Å². The second kappa shape index (κ2) is 9.76. The number of aromatic nitrogens is 2. The van der Waals surface area contributed by atoms with E-state index < -0.39 is 15.9 Å². The Labute approximate surface area is 201 Å². The van der Waals surface area contributed by atoms with Crippen molar-refractivity contribution in [2.24, 2.45) is 5.92 Å². The van der Waals surface area contributed by atoms with Crippen molar-refractivity contribution in [3.05, 3.63) is 53.1 Å². The zero-order chi connectivity index (χ0) is 23.6. The molecule has 1 aliphatic rings. The zero-order valence-corrected chi connectivity index (χ0v) is 20.5. The van der Waals surface area contributed by atoms with Crippen LogP contribution in [-0.2, 0) is 10.0 Å². The lowest BCUT2D eigenvalue weighted by Crippen LogP contribution is -2.37. The fourth-order valence-electron chi connectivity index (χ4n) is 3.50. The fraction of sp³-hybridized carbons (Fsp3) is 0.318. The van der Waals surface area contributed by atoms with Crippen molar-refractivity contribution < 1.29 is 17.9 Å². The molecule has 4 rings (SSSR count). The van der Waals surface area contributed by atoms with E-state index in [9.17, 15) is 13.2 Å². The average molecular weight is 507 g/mol. The van der Waals surface area contributed by atoms with Gasteiger partial charge < -0.3 is 4.74 Å². The monoisotopic (exact) mass is 506 g/mol. The largest absolute Gasteiger partial charge is 0.497 e. The molecule has 0 spiro atoms. The van der Waals surface area contributed by atoms with E-state index in [1.54, 1.807) is 7.11 Å². The third-order valence-electron chi connectivity index (χ3n) is 5.55. The number of carbonyl (C=O) groups is 1. The van der Waals surface area contributed by atoms with Crippen molar-refractivity contribution in [1.82, 2.24) is 14.5 Å². The van der Waals surface area contributed by atoms with Crippen LogP contribution in [0.25, 0.3) is 10.6 Å². The lowest BCUT2D eigenvalue weighted by atomic mass is 10.0. The van der Waals surface area contributed by atoms with Gasteiger partial charge in [0.1, 0.15) is 10.8 Å². The number of carbonyl (C=O) groups excluding carboxylic acids is 1. The van der Waals surface area contributed by atoms with E-state index in [-0.39, 0.29) is 20.6 Å². The summed E-state index contributed by atoms with van der Waals surface area (Å²) in [6, 6.07) is 11.5. The van der Waals surface area contributed by atoms with Gasteiger partial charge in [0.15, 0.2) is 0 Å². The number of ether oxygens (including phenoxy) is 1. The smallest absolute Gasteiger partial charge is 0.259 e. The molecule has 1 amide bonds. The molecule has 174 valence electrons. The first kappa shape index (κ1) is 23.6. The third kappa shape index (κ3) is 5.19. The van der Waals surface area contributed by atoms with E-state index in [1.807, 2.05) is 24.3 Å². The first-order valence-corrected chi connectivity index (χ1v) is 13.0. The number of anilines is 1. The predicted molar refractivity (Wildman–Crippen MR) is 128 cm³/mol. The minimum atomic E-state index is -3.71. The molecule has 11 heteroatoms. The van der Waals surface area contributed by atoms with Gasteiger partial charge in [0, 0.05) is 18.7 Å². The Morgan fingerprint density at radius 2 is 1.85 bits per heavy atom. The lowest BCUT2D eigenvalue weighted by molar-refractivity contribution is 0.102. The molecule has 33 heavy (non-hydrogen) atoms. The number of hydrogen-bond donors (Lipinski definition) is 1. The van der Waals surface area contributed by atoms with Gasteiger partial charge in [-0.05, 0) is 61.2 Å². The van der Waals surface area contributed by atoms with Crippen LogP contribution in [0.2, 0.25) is 5.02 Å². The summed E-state index contributed by atoms with van der Waals surface area (Å²) in [6.07, 6.45) is 1.63. The Bertz CT molecular complexity index is 1250. The maximum Gasteiger partial charge on any atom is 0.259 e. The molecule has 0 saturated carbocycles. The van der Waals surface area contributed by atoms with Gasteiger partial charge in [-0.1, -0.05) is 29.9 Å². The van der Waals surface area contributed by atoms with Crippen LogP contribution in [0, 0.1) is 5.92 Å². The van der Waals surface area contributed by atoms with Gasteiger partial charge >= 0.3 is 0 Å². The van der Waals surface area contributed by atoms with Crippen molar-refractivity contribution in [2.45, 2.75) is 24.7 Å². The first-order valence-electron chi connectivity index (χ1n) is 10.4. The maximum absolute atomic E-state index is 13.1. The summed E-state index contributed by atoms with van der Waals surface area (Å²) in [6.45, 7) is 3.04. The molecule has 0 aliphatic carbocycles. The number of hydrogen-bond acceptors (Lipinski definition) is 7. The number of rotatable bonds is 6. The molecule has 2 heterocycles. The van der Waals surface area contributed by atoms with Gasteiger partial charge in [-0.3, -0.25) is 10.1 Å². The van der Waals surface area contributed by atoms with E-state index in [2.05, 4.69) is 22.4 Å². The molecule has 1 aromatic heterocycles. The number of piperidine rings is 1. The van der Waals surface area contributed by atoms with Gasteiger partial charge in [-0.25, -0.2) is 8.42 Å². The van der Waals surface area contributed by atoms with Crippen molar-refractivity contribution in [3.8, 4) is 16.3 Å². The van der Waals surface area contributed by atoms with Crippen LogP contribution >= 0.6 is 22.9 Å². The first-order chi connectivity index (χ1) is 15.8. The fourth-order valence-corrected chi connectivity index (χ4v) is 5.95. The number of sulfonamides is 1. The Kier molecular flexibility index (Phi) is 6.99. The number of amides is 1. The summed E-state index contributed by atoms with van der Waals surface area (Å²) in [5, 5.41) is 11.8. The SMILES string of the molecule is COc1ccc(-c2nnc(NC(=O)c3cc(S(=O)(=O)N4CCC(C)CC4)ccc3Cl)s2)cc1. The molecule has 0 radical (unpaired) electrons. The van der Waals surface area contributed by atoms with Crippen LogP contribution in [0.4, 0.5) is 5.13 Å². The standard InChI is InChI=1S/C22H23ClN4O4S2/c1-14-9-11-27(12-10-14)33(29,30)17-7-8-19(23)18(13-17)20(28)24-22-26-25-21(32-22)15-3-5-16(31-2)6-4-15/h3-8,13-14H,9-12H2,1-2H3,(H,24,26,28). The number of nitrogens with zero attached hydrogens (tertiary/aromatic N) is 3. The number of methoxy groups -OCH3 is 1. The molecule has 0 atom stereocenters. The van der Waals surface area contributed by atoms with E-state index >= 15 is 0 Å². The summed E-state index contributed by atoms with van der Waals surface area (Å²) in [7, 11) is -2.12. The Hall–Kier alpha value is -2.53. The third-order valence-corrected chi connectivity index (χ3v) is 8.66. The normalized spacial score (nSPS) is 15.4. The molecule has 3 aromatic rings. The average Bonchev–Trinajstić information content (AvgIpc) is 3.28. The van der Waals surface area contributed by atoms with Gasteiger partial charge in [-0.2, -0.15) is 4.31 Å². The predicted octanol–water partition coefficient (Wildman–Crippen LogP) is 4.54. The molecule has 8 nitrogen and oxygen atoms in total. The Balaban J connectivity index is 1.52. The van der Waals surface area contributed by atoms with Crippen LogP contribution in [0.3, 0.4) is 0 Å². The minimum Gasteiger partial charge on any atom is -0.497 e. The molecule has 1 aliphatic heterocycles. The number of benzene rings is 2. The number of nitrogens with one attached hydrogen (secondary N) is 1. The molecular weight excluding hydrogens is 484 g/mol. The highest BCUT2D eigenvalue weighted by molar-refractivity contribution is 7.89. The molecule has 1 saturated heterocycles. The van der Waals surface area contributed by atoms with Gasteiger partial charge in [0.25, 0.3) is 5.91 Å². The van der Waals surface area contributed by atoms with E-state index in [4.69, 9.17) is 16.3 Å². The second-order valence-electron chi connectivity index (χ2n) is 7.82. The highest BCUT2D eigenvalue weighted by Gasteiger charge is 2.29. The summed E-state index contributed by atoms with van der Waals surface area (Å²) in [5.41, 5.74) is 0.889.